The highest BCUT2D eigenvalue weighted by Crippen LogP contribution is 2.23. The quantitative estimate of drug-likeness (QED) is 0.531. The molecule has 0 atom stereocenters. The van der Waals surface area contributed by atoms with Crippen molar-refractivity contribution in [3.63, 3.8) is 0 Å². The molecule has 1 heterocycles. The molecule has 1 saturated heterocycles. The van der Waals surface area contributed by atoms with Crippen LogP contribution in [0.15, 0.2) is 0 Å². The maximum Gasteiger partial charge on any atom is 0.333 e. The number of nitrogens with one attached hydrogen (secondary N) is 1. The van der Waals surface area contributed by atoms with E-state index in [0.29, 0.717) is 0 Å². The molecule has 0 aromatic rings. The molecular weight excluding hydrogens is 214 g/mol. The molecule has 0 aliphatic carbocycles. The van der Waals surface area contributed by atoms with Crippen LogP contribution in [0.4, 0.5) is 0 Å². The average Bonchev–Trinajstić information content (AvgIpc) is 1.96. The predicted octanol–water partition coefficient (Wildman–Crippen LogP) is -0.0367. The Labute approximate surface area is 93.3 Å². The van der Waals surface area contributed by atoms with Gasteiger partial charge in [-0.05, 0) is 13.8 Å². The molecule has 6 nitrogen and oxygen atoms in total. The SMILES string of the molecule is CC(C)NC(=O)C1C(=O)OC(C)(C)OC1=O. The lowest BCUT2D eigenvalue weighted by Crippen LogP contribution is -2.52. The molecule has 1 aliphatic rings. The topological polar surface area (TPSA) is 81.7 Å². The fourth-order valence-electron chi connectivity index (χ4n) is 1.30. The summed E-state index contributed by atoms with van der Waals surface area (Å²) in [4.78, 5) is 34.4. The first-order valence-corrected chi connectivity index (χ1v) is 4.99. The Morgan fingerprint density at radius 1 is 1.25 bits per heavy atom. The van der Waals surface area contributed by atoms with E-state index in [4.69, 9.17) is 9.47 Å². The van der Waals surface area contributed by atoms with Crippen LogP contribution in [0, 0.1) is 5.92 Å². The highest BCUT2D eigenvalue weighted by Gasteiger charge is 2.47. The Bertz CT molecular complexity index is 303. The van der Waals surface area contributed by atoms with Gasteiger partial charge >= 0.3 is 11.9 Å². The van der Waals surface area contributed by atoms with E-state index >= 15 is 0 Å². The van der Waals surface area contributed by atoms with Crippen molar-refractivity contribution in [2.24, 2.45) is 5.92 Å². The molecule has 1 aliphatic heterocycles. The van der Waals surface area contributed by atoms with Crippen molar-refractivity contribution in [1.82, 2.24) is 5.32 Å². The molecule has 1 rings (SSSR count). The Balaban J connectivity index is 2.79. The Morgan fingerprint density at radius 3 is 2.06 bits per heavy atom. The van der Waals surface area contributed by atoms with Crippen LogP contribution in [-0.2, 0) is 23.9 Å². The van der Waals surface area contributed by atoms with Crippen molar-refractivity contribution in [2.75, 3.05) is 0 Å². The van der Waals surface area contributed by atoms with Crippen LogP contribution in [0.3, 0.4) is 0 Å². The van der Waals surface area contributed by atoms with Crippen LogP contribution in [0.5, 0.6) is 0 Å². The van der Waals surface area contributed by atoms with Crippen LogP contribution >= 0.6 is 0 Å². The minimum absolute atomic E-state index is 0.164. The van der Waals surface area contributed by atoms with Gasteiger partial charge in [-0.15, -0.1) is 0 Å². The summed E-state index contributed by atoms with van der Waals surface area (Å²) in [6, 6.07) is -0.164. The third-order valence-electron chi connectivity index (χ3n) is 1.86. The summed E-state index contributed by atoms with van der Waals surface area (Å²) in [6.45, 7) is 6.31. The summed E-state index contributed by atoms with van der Waals surface area (Å²) < 4.78 is 9.63. The largest absolute Gasteiger partial charge is 0.422 e. The smallest absolute Gasteiger partial charge is 0.333 e. The summed E-state index contributed by atoms with van der Waals surface area (Å²) >= 11 is 0. The van der Waals surface area contributed by atoms with Gasteiger partial charge in [0.2, 0.25) is 11.8 Å². The first kappa shape index (κ1) is 12.5. The summed E-state index contributed by atoms with van der Waals surface area (Å²) in [5, 5.41) is 2.46. The zero-order chi connectivity index (χ0) is 12.5. The van der Waals surface area contributed by atoms with Crippen molar-refractivity contribution in [2.45, 2.75) is 39.5 Å². The lowest BCUT2D eigenvalue weighted by molar-refractivity contribution is -0.238. The predicted molar refractivity (Wildman–Crippen MR) is 53.0 cm³/mol. The molecule has 90 valence electrons. The average molecular weight is 229 g/mol. The standard InChI is InChI=1S/C10H15NO5/c1-5(2)11-7(12)6-8(13)15-10(3,4)16-9(6)14/h5-6H,1-4H3,(H,11,12). The number of hydrogen-bond donors (Lipinski definition) is 1. The first-order chi connectivity index (χ1) is 7.23. The van der Waals surface area contributed by atoms with E-state index < -0.39 is 29.6 Å². The highest BCUT2D eigenvalue weighted by molar-refractivity contribution is 6.15. The monoisotopic (exact) mass is 229 g/mol. The van der Waals surface area contributed by atoms with Gasteiger partial charge in [0, 0.05) is 19.9 Å². The van der Waals surface area contributed by atoms with Crippen LogP contribution in [-0.4, -0.2) is 29.7 Å². The van der Waals surface area contributed by atoms with E-state index in [9.17, 15) is 14.4 Å². The van der Waals surface area contributed by atoms with Crippen LogP contribution < -0.4 is 5.32 Å². The van der Waals surface area contributed by atoms with Gasteiger partial charge in [0.05, 0.1) is 0 Å². The van der Waals surface area contributed by atoms with Gasteiger partial charge in [-0.1, -0.05) is 0 Å². The summed E-state index contributed by atoms with van der Waals surface area (Å²) in [5.41, 5.74) is 0. The van der Waals surface area contributed by atoms with Crippen molar-refractivity contribution >= 4 is 17.8 Å². The van der Waals surface area contributed by atoms with Gasteiger partial charge in [0.1, 0.15) is 0 Å². The molecule has 0 aromatic carbocycles. The minimum atomic E-state index is -1.52. The molecule has 0 saturated carbocycles. The van der Waals surface area contributed by atoms with Gasteiger partial charge in [0.15, 0.2) is 0 Å². The van der Waals surface area contributed by atoms with E-state index in [0.717, 1.165) is 0 Å². The number of amides is 1. The van der Waals surface area contributed by atoms with Crippen molar-refractivity contribution in [3.8, 4) is 0 Å². The molecule has 1 N–H and O–H groups in total. The normalized spacial score (nSPS) is 20.3. The molecule has 0 radical (unpaired) electrons. The van der Waals surface area contributed by atoms with Crippen LogP contribution in [0.1, 0.15) is 27.7 Å². The van der Waals surface area contributed by atoms with E-state index in [1.165, 1.54) is 13.8 Å². The maximum absolute atomic E-state index is 11.5. The fraction of sp³-hybridized carbons (Fsp3) is 0.700. The van der Waals surface area contributed by atoms with Gasteiger partial charge in [-0.3, -0.25) is 14.4 Å². The second-order valence-electron chi connectivity index (χ2n) is 4.34. The van der Waals surface area contributed by atoms with Gasteiger partial charge in [-0.25, -0.2) is 0 Å². The number of hydrogen-bond acceptors (Lipinski definition) is 5. The van der Waals surface area contributed by atoms with Gasteiger partial charge in [0.25, 0.3) is 5.79 Å². The van der Waals surface area contributed by atoms with Gasteiger partial charge in [-0.2, -0.15) is 0 Å². The number of carbonyl (C=O) groups excluding carboxylic acids is 3. The van der Waals surface area contributed by atoms with E-state index in [1.54, 1.807) is 13.8 Å². The minimum Gasteiger partial charge on any atom is -0.422 e. The molecule has 0 bridgehead atoms. The fourth-order valence-corrected chi connectivity index (χ4v) is 1.30. The third kappa shape index (κ3) is 2.71. The zero-order valence-corrected chi connectivity index (χ0v) is 9.70. The zero-order valence-electron chi connectivity index (χ0n) is 9.70. The Kier molecular flexibility index (Phi) is 3.21. The van der Waals surface area contributed by atoms with Crippen molar-refractivity contribution < 1.29 is 23.9 Å². The highest BCUT2D eigenvalue weighted by atomic mass is 16.7. The van der Waals surface area contributed by atoms with Crippen molar-refractivity contribution in [1.29, 1.82) is 0 Å². The maximum atomic E-state index is 11.5. The van der Waals surface area contributed by atoms with Crippen LogP contribution in [0.2, 0.25) is 0 Å². The number of esters is 2. The van der Waals surface area contributed by atoms with E-state index in [-0.39, 0.29) is 6.04 Å². The second kappa shape index (κ2) is 4.11. The van der Waals surface area contributed by atoms with Crippen molar-refractivity contribution in [3.05, 3.63) is 0 Å². The van der Waals surface area contributed by atoms with Gasteiger partial charge < -0.3 is 14.8 Å². The number of rotatable bonds is 2. The summed E-state index contributed by atoms with van der Waals surface area (Å²) in [5.74, 6) is -5.27. The lowest BCUT2D eigenvalue weighted by atomic mass is 10.1. The Morgan fingerprint density at radius 2 is 1.69 bits per heavy atom. The second-order valence-corrected chi connectivity index (χ2v) is 4.34. The summed E-state index contributed by atoms with van der Waals surface area (Å²) in [7, 11) is 0. The van der Waals surface area contributed by atoms with E-state index in [2.05, 4.69) is 5.32 Å². The lowest BCUT2D eigenvalue weighted by Gasteiger charge is -2.32. The molecule has 0 aromatic heterocycles. The summed E-state index contributed by atoms with van der Waals surface area (Å²) in [6.07, 6.45) is 0. The third-order valence-corrected chi connectivity index (χ3v) is 1.86. The molecule has 0 spiro atoms. The Hall–Kier alpha value is -1.59. The van der Waals surface area contributed by atoms with E-state index in [1.807, 2.05) is 0 Å². The molecular formula is C10H15NO5. The molecule has 1 fully saturated rings. The van der Waals surface area contributed by atoms with Crippen LogP contribution in [0.25, 0.3) is 0 Å². The number of cyclic esters (lactones) is 2. The molecule has 16 heavy (non-hydrogen) atoms. The molecule has 6 heteroatoms. The number of ether oxygens (including phenoxy) is 2. The molecule has 1 amide bonds. The molecule has 0 unspecified atom stereocenters. The first-order valence-electron chi connectivity index (χ1n) is 4.99. The number of carbonyl (C=O) groups is 3.